The van der Waals surface area contributed by atoms with Crippen molar-refractivity contribution in [3.63, 3.8) is 0 Å². The average Bonchev–Trinajstić information content (AvgIpc) is 3.03. The highest BCUT2D eigenvalue weighted by Gasteiger charge is 2.67. The maximum Gasteiger partial charge on any atom is 0.310 e. The predicted octanol–water partition coefficient (Wildman–Crippen LogP) is 2.70. The van der Waals surface area contributed by atoms with Crippen LogP contribution in [0.2, 0.25) is 0 Å². The number of hydrogen-bond acceptors (Lipinski definition) is 4. The Balaban J connectivity index is 1.53. The number of carbonyl (C=O) groups is 2. The highest BCUT2D eigenvalue weighted by Crippen LogP contribution is 2.60. The van der Waals surface area contributed by atoms with Crippen molar-refractivity contribution in [2.45, 2.75) is 64.1 Å². The largest absolute Gasteiger partial charge is 0.462 e. The van der Waals surface area contributed by atoms with Crippen LogP contribution in [0.4, 0.5) is 0 Å². The Kier molecular flexibility index (Phi) is 2.89. The molecule has 3 saturated carbocycles. The second kappa shape index (κ2) is 4.47. The normalized spacial score (nSPS) is 46.5. The van der Waals surface area contributed by atoms with E-state index in [2.05, 4.69) is 13.8 Å². The molecule has 0 aromatic carbocycles. The van der Waals surface area contributed by atoms with Crippen LogP contribution in [0.1, 0.15) is 52.4 Å². The van der Waals surface area contributed by atoms with Gasteiger partial charge in [-0.3, -0.25) is 9.59 Å². The molecule has 1 aliphatic heterocycles. The van der Waals surface area contributed by atoms with Crippen LogP contribution in [0.5, 0.6) is 0 Å². The Morgan fingerprint density at radius 2 is 1.95 bits per heavy atom. The van der Waals surface area contributed by atoms with Crippen molar-refractivity contribution < 1.29 is 19.1 Å². The monoisotopic (exact) mass is 292 g/mol. The molecular weight excluding hydrogens is 268 g/mol. The van der Waals surface area contributed by atoms with Gasteiger partial charge in [-0.05, 0) is 50.9 Å². The Labute approximate surface area is 125 Å². The first kappa shape index (κ1) is 13.6. The molecule has 21 heavy (non-hydrogen) atoms. The molecule has 1 saturated heterocycles. The molecule has 0 aromatic heterocycles. The maximum atomic E-state index is 12.8. The number of hydrogen-bond donors (Lipinski definition) is 0. The Bertz CT molecular complexity index is 479. The van der Waals surface area contributed by atoms with Gasteiger partial charge >= 0.3 is 11.9 Å². The highest BCUT2D eigenvalue weighted by atomic mass is 16.6. The summed E-state index contributed by atoms with van der Waals surface area (Å²) in [6, 6.07) is 0. The van der Waals surface area contributed by atoms with Crippen LogP contribution in [0, 0.1) is 29.6 Å². The number of fused-ring (bicyclic) bond motifs is 1. The molecule has 6 atom stereocenters. The van der Waals surface area contributed by atoms with Crippen LogP contribution in [-0.2, 0) is 19.1 Å². The molecule has 2 bridgehead atoms. The van der Waals surface area contributed by atoms with Crippen LogP contribution >= 0.6 is 0 Å². The van der Waals surface area contributed by atoms with Gasteiger partial charge in [-0.15, -0.1) is 0 Å². The van der Waals surface area contributed by atoms with Gasteiger partial charge in [0.25, 0.3) is 0 Å². The summed E-state index contributed by atoms with van der Waals surface area (Å²) < 4.78 is 11.4. The van der Waals surface area contributed by atoms with E-state index >= 15 is 0 Å². The third-order valence-corrected chi connectivity index (χ3v) is 6.52. The maximum absolute atomic E-state index is 12.8. The molecule has 0 aromatic rings. The fraction of sp³-hybridized carbons (Fsp3) is 0.882. The second-order valence-electron chi connectivity index (χ2n) is 7.81. The van der Waals surface area contributed by atoms with Crippen LogP contribution in [0.15, 0.2) is 0 Å². The summed E-state index contributed by atoms with van der Waals surface area (Å²) in [6.45, 7) is 4.17. The molecule has 0 amide bonds. The van der Waals surface area contributed by atoms with Gasteiger partial charge in [0.05, 0.1) is 11.8 Å². The van der Waals surface area contributed by atoms with Gasteiger partial charge < -0.3 is 9.47 Å². The summed E-state index contributed by atoms with van der Waals surface area (Å²) in [5.74, 6) is 0.0549. The van der Waals surface area contributed by atoms with Crippen molar-refractivity contribution >= 4 is 11.9 Å². The lowest BCUT2D eigenvalue weighted by atomic mass is 9.75. The first-order valence-electron chi connectivity index (χ1n) is 8.43. The predicted molar refractivity (Wildman–Crippen MR) is 75.2 cm³/mol. The fourth-order valence-corrected chi connectivity index (χ4v) is 5.42. The lowest BCUT2D eigenvalue weighted by molar-refractivity contribution is -0.171. The Morgan fingerprint density at radius 3 is 2.67 bits per heavy atom. The molecular formula is C17H24O4. The zero-order valence-electron chi connectivity index (χ0n) is 12.8. The molecule has 116 valence electrons. The minimum absolute atomic E-state index is 0.0572. The Hall–Kier alpha value is -1.06. The summed E-state index contributed by atoms with van der Waals surface area (Å²) in [5, 5.41) is 0. The standard InChI is InChI=1S/C17H24O4/c1-9-10-8-11-13(15(18)20-14(9)11)12(10)16(19)21-17(2)6-4-3-5-7-17/h9-14H,3-8H2,1-2H3. The molecule has 3 aliphatic carbocycles. The number of esters is 2. The van der Waals surface area contributed by atoms with Gasteiger partial charge in [0.15, 0.2) is 0 Å². The van der Waals surface area contributed by atoms with Crippen LogP contribution in [0.25, 0.3) is 0 Å². The smallest absolute Gasteiger partial charge is 0.310 e. The molecule has 0 spiro atoms. The van der Waals surface area contributed by atoms with E-state index in [4.69, 9.17) is 9.47 Å². The van der Waals surface area contributed by atoms with E-state index < -0.39 is 0 Å². The van der Waals surface area contributed by atoms with Crippen molar-refractivity contribution in [3.8, 4) is 0 Å². The fourth-order valence-electron chi connectivity index (χ4n) is 5.42. The molecule has 6 unspecified atom stereocenters. The number of ether oxygens (including phenoxy) is 2. The molecule has 4 nitrogen and oxygen atoms in total. The lowest BCUT2D eigenvalue weighted by Gasteiger charge is -2.36. The molecule has 1 heterocycles. The summed E-state index contributed by atoms with van der Waals surface area (Å²) in [7, 11) is 0. The van der Waals surface area contributed by atoms with Crippen LogP contribution in [0.3, 0.4) is 0 Å². The van der Waals surface area contributed by atoms with E-state index in [0.29, 0.717) is 5.92 Å². The zero-order valence-corrected chi connectivity index (χ0v) is 12.8. The van der Waals surface area contributed by atoms with Gasteiger partial charge in [0.2, 0.25) is 0 Å². The summed E-state index contributed by atoms with van der Waals surface area (Å²) in [6.07, 6.45) is 6.41. The van der Waals surface area contributed by atoms with Crippen molar-refractivity contribution in [1.29, 1.82) is 0 Å². The van der Waals surface area contributed by atoms with E-state index in [0.717, 1.165) is 32.1 Å². The third-order valence-electron chi connectivity index (χ3n) is 6.52. The van der Waals surface area contributed by atoms with Gasteiger partial charge in [-0.2, -0.15) is 0 Å². The molecule has 4 aliphatic rings. The minimum atomic E-state index is -0.317. The lowest BCUT2D eigenvalue weighted by Crippen LogP contribution is -2.42. The van der Waals surface area contributed by atoms with E-state index in [1.54, 1.807) is 0 Å². The second-order valence-corrected chi connectivity index (χ2v) is 7.81. The molecule has 4 fully saturated rings. The minimum Gasteiger partial charge on any atom is -0.462 e. The zero-order chi connectivity index (χ0) is 14.8. The van der Waals surface area contributed by atoms with E-state index in [-0.39, 0.29) is 47.3 Å². The number of carbonyl (C=O) groups excluding carboxylic acids is 2. The van der Waals surface area contributed by atoms with Crippen molar-refractivity contribution in [3.05, 3.63) is 0 Å². The van der Waals surface area contributed by atoms with Crippen LogP contribution < -0.4 is 0 Å². The van der Waals surface area contributed by atoms with Crippen molar-refractivity contribution in [2.24, 2.45) is 29.6 Å². The van der Waals surface area contributed by atoms with Crippen molar-refractivity contribution in [1.82, 2.24) is 0 Å². The van der Waals surface area contributed by atoms with E-state index in [1.807, 2.05) is 0 Å². The van der Waals surface area contributed by atoms with Crippen molar-refractivity contribution in [2.75, 3.05) is 0 Å². The quantitative estimate of drug-likeness (QED) is 0.734. The topological polar surface area (TPSA) is 52.6 Å². The highest BCUT2D eigenvalue weighted by molar-refractivity contribution is 5.86. The van der Waals surface area contributed by atoms with E-state index in [9.17, 15) is 9.59 Å². The molecule has 4 rings (SSSR count). The van der Waals surface area contributed by atoms with Crippen LogP contribution in [-0.4, -0.2) is 23.6 Å². The molecule has 0 N–H and O–H groups in total. The summed E-state index contributed by atoms with van der Waals surface area (Å²) in [4.78, 5) is 24.9. The first-order valence-corrected chi connectivity index (χ1v) is 8.43. The summed E-state index contributed by atoms with van der Waals surface area (Å²) in [5.41, 5.74) is -0.317. The number of rotatable bonds is 2. The van der Waals surface area contributed by atoms with Gasteiger partial charge in [-0.1, -0.05) is 13.3 Å². The van der Waals surface area contributed by atoms with Gasteiger partial charge in [0, 0.05) is 5.92 Å². The molecule has 4 heteroatoms. The van der Waals surface area contributed by atoms with Gasteiger partial charge in [-0.25, -0.2) is 0 Å². The first-order chi connectivity index (χ1) is 10.0. The Morgan fingerprint density at radius 1 is 1.24 bits per heavy atom. The summed E-state index contributed by atoms with van der Waals surface area (Å²) >= 11 is 0. The van der Waals surface area contributed by atoms with E-state index in [1.165, 1.54) is 6.42 Å². The average molecular weight is 292 g/mol. The SMILES string of the molecule is CC1C2CC3C1OC(=O)C3C2C(=O)OC1(C)CCCCC1. The molecule has 0 radical (unpaired) electrons. The third kappa shape index (κ3) is 1.87. The van der Waals surface area contributed by atoms with Gasteiger partial charge in [0.1, 0.15) is 11.7 Å².